The molecule has 0 rings (SSSR count). The highest BCUT2D eigenvalue weighted by atomic mass is 35.5. The molecule has 0 radical (unpaired) electrons. The van der Waals surface area contributed by atoms with Gasteiger partial charge in [-0.05, 0) is 25.2 Å². The van der Waals surface area contributed by atoms with Crippen LogP contribution in [0.2, 0.25) is 0 Å². The van der Waals surface area contributed by atoms with Crippen molar-refractivity contribution in [3.63, 3.8) is 0 Å². The van der Waals surface area contributed by atoms with E-state index in [2.05, 4.69) is 6.92 Å². The lowest BCUT2D eigenvalue weighted by Crippen LogP contribution is -2.23. The van der Waals surface area contributed by atoms with Crippen LogP contribution in [-0.2, 0) is 14.3 Å². The van der Waals surface area contributed by atoms with Gasteiger partial charge in [-0.15, -0.1) is 12.4 Å². The van der Waals surface area contributed by atoms with E-state index in [0.29, 0.717) is 38.2 Å². The van der Waals surface area contributed by atoms with Crippen LogP contribution in [0.5, 0.6) is 0 Å². The first-order valence-electron chi connectivity index (χ1n) is 9.59. The molecule has 0 saturated carbocycles. The first kappa shape index (κ1) is 26.6. The SMILES string of the molecule is CCCCCCC(CC=O)CCCCC(=O)OCCC(N)CCO.Cl. The zero-order chi connectivity index (χ0) is 18.0. The molecule has 0 aromatic rings. The molecule has 0 aliphatic rings. The van der Waals surface area contributed by atoms with Crippen molar-refractivity contribution in [2.45, 2.75) is 90.0 Å². The fourth-order valence-corrected chi connectivity index (χ4v) is 2.78. The topological polar surface area (TPSA) is 89.6 Å². The van der Waals surface area contributed by atoms with Crippen molar-refractivity contribution < 1.29 is 19.4 Å². The summed E-state index contributed by atoms with van der Waals surface area (Å²) in [6, 6.07) is -0.111. The first-order valence-corrected chi connectivity index (χ1v) is 9.59. The Kier molecular flexibility index (Phi) is 20.9. The molecule has 5 nitrogen and oxygen atoms in total. The predicted molar refractivity (Wildman–Crippen MR) is 104 cm³/mol. The third-order valence-corrected chi connectivity index (χ3v) is 4.39. The van der Waals surface area contributed by atoms with Gasteiger partial charge in [0.25, 0.3) is 0 Å². The van der Waals surface area contributed by atoms with Gasteiger partial charge in [0.1, 0.15) is 6.29 Å². The maximum Gasteiger partial charge on any atom is 0.305 e. The number of aliphatic hydroxyl groups excluding tert-OH is 1. The number of ether oxygens (including phenoxy) is 1. The summed E-state index contributed by atoms with van der Waals surface area (Å²) in [5, 5.41) is 8.74. The number of carbonyl (C=O) groups is 2. The predicted octanol–water partition coefficient (Wildman–Crippen LogP) is 3.79. The van der Waals surface area contributed by atoms with Crippen molar-refractivity contribution in [1.82, 2.24) is 0 Å². The minimum atomic E-state index is -0.180. The largest absolute Gasteiger partial charge is 0.466 e. The van der Waals surface area contributed by atoms with E-state index in [9.17, 15) is 9.59 Å². The minimum Gasteiger partial charge on any atom is -0.466 e. The Morgan fingerprint density at radius 2 is 1.76 bits per heavy atom. The lowest BCUT2D eigenvalue weighted by molar-refractivity contribution is -0.144. The molecule has 0 bridgehead atoms. The molecule has 0 fully saturated rings. The highest BCUT2D eigenvalue weighted by Gasteiger charge is 2.10. The summed E-state index contributed by atoms with van der Waals surface area (Å²) in [5.74, 6) is 0.285. The number of carbonyl (C=O) groups excluding carboxylic acids is 2. The number of rotatable bonds is 17. The Bertz CT molecular complexity index is 316. The van der Waals surface area contributed by atoms with Crippen LogP contribution in [0.4, 0.5) is 0 Å². The molecule has 0 aliphatic heterocycles. The zero-order valence-electron chi connectivity index (χ0n) is 15.8. The summed E-state index contributed by atoms with van der Waals surface area (Å²) in [4.78, 5) is 22.4. The fraction of sp³-hybridized carbons (Fsp3) is 0.895. The van der Waals surface area contributed by atoms with Crippen LogP contribution < -0.4 is 5.73 Å². The van der Waals surface area contributed by atoms with Crippen LogP contribution in [0.3, 0.4) is 0 Å². The number of halogens is 1. The summed E-state index contributed by atoms with van der Waals surface area (Å²) in [5.41, 5.74) is 5.73. The van der Waals surface area contributed by atoms with Crippen LogP contribution in [0.15, 0.2) is 0 Å². The van der Waals surface area contributed by atoms with Gasteiger partial charge in [0.05, 0.1) is 6.61 Å². The molecular weight excluding hydrogens is 342 g/mol. The Morgan fingerprint density at radius 1 is 1.08 bits per heavy atom. The molecule has 2 unspecified atom stereocenters. The van der Waals surface area contributed by atoms with Gasteiger partial charge in [0.15, 0.2) is 0 Å². The molecule has 0 amide bonds. The maximum atomic E-state index is 11.6. The molecule has 6 heteroatoms. The highest BCUT2D eigenvalue weighted by molar-refractivity contribution is 5.85. The van der Waals surface area contributed by atoms with Crippen molar-refractivity contribution >= 4 is 24.7 Å². The first-order chi connectivity index (χ1) is 11.6. The summed E-state index contributed by atoms with van der Waals surface area (Å²) in [6.45, 7) is 2.59. The summed E-state index contributed by atoms with van der Waals surface area (Å²) < 4.78 is 5.15. The van der Waals surface area contributed by atoms with E-state index in [-0.39, 0.29) is 31.0 Å². The third kappa shape index (κ3) is 18.0. The number of aliphatic hydroxyl groups is 1. The van der Waals surface area contributed by atoms with E-state index in [4.69, 9.17) is 15.6 Å². The highest BCUT2D eigenvalue weighted by Crippen LogP contribution is 2.20. The molecule has 3 N–H and O–H groups in total. The molecule has 0 aromatic heterocycles. The zero-order valence-corrected chi connectivity index (χ0v) is 16.6. The second kappa shape index (κ2) is 19.7. The molecular formula is C19H38ClNO4. The van der Waals surface area contributed by atoms with Crippen LogP contribution in [0.25, 0.3) is 0 Å². The molecule has 25 heavy (non-hydrogen) atoms. The van der Waals surface area contributed by atoms with Crippen molar-refractivity contribution in [2.24, 2.45) is 11.7 Å². The minimum absolute atomic E-state index is 0. The second-order valence-corrected chi connectivity index (χ2v) is 6.65. The van der Waals surface area contributed by atoms with Crippen LogP contribution in [0.1, 0.15) is 84.0 Å². The van der Waals surface area contributed by atoms with Gasteiger partial charge >= 0.3 is 5.97 Å². The molecule has 0 saturated heterocycles. The van der Waals surface area contributed by atoms with E-state index in [1.54, 1.807) is 0 Å². The average Bonchev–Trinajstić information content (AvgIpc) is 2.55. The molecule has 0 aliphatic carbocycles. The van der Waals surface area contributed by atoms with Gasteiger partial charge in [-0.3, -0.25) is 4.79 Å². The molecule has 0 heterocycles. The van der Waals surface area contributed by atoms with Crippen molar-refractivity contribution in [2.75, 3.05) is 13.2 Å². The van der Waals surface area contributed by atoms with Crippen LogP contribution in [-0.4, -0.2) is 36.6 Å². The monoisotopic (exact) mass is 379 g/mol. The quantitative estimate of drug-likeness (QED) is 0.228. The van der Waals surface area contributed by atoms with Crippen LogP contribution in [0, 0.1) is 5.92 Å². The summed E-state index contributed by atoms with van der Waals surface area (Å²) in [7, 11) is 0. The third-order valence-electron chi connectivity index (χ3n) is 4.39. The van der Waals surface area contributed by atoms with Gasteiger partial charge in [0, 0.05) is 25.5 Å². The average molecular weight is 380 g/mol. The van der Waals surface area contributed by atoms with Gasteiger partial charge in [-0.25, -0.2) is 0 Å². The van der Waals surface area contributed by atoms with Gasteiger partial charge < -0.3 is 20.4 Å². The van der Waals surface area contributed by atoms with Gasteiger partial charge in [-0.2, -0.15) is 0 Å². The normalized spacial score (nSPS) is 12.9. The second-order valence-electron chi connectivity index (χ2n) is 6.65. The number of hydrogen-bond donors (Lipinski definition) is 2. The van der Waals surface area contributed by atoms with Crippen molar-refractivity contribution in [1.29, 1.82) is 0 Å². The van der Waals surface area contributed by atoms with E-state index in [1.807, 2.05) is 0 Å². The number of nitrogens with two attached hydrogens (primary N) is 1. The van der Waals surface area contributed by atoms with Crippen molar-refractivity contribution in [3.8, 4) is 0 Å². The Hall–Kier alpha value is -0.650. The van der Waals surface area contributed by atoms with Crippen LogP contribution >= 0.6 is 12.4 Å². The number of unbranched alkanes of at least 4 members (excludes halogenated alkanes) is 4. The van der Waals surface area contributed by atoms with E-state index >= 15 is 0 Å². The molecule has 2 atom stereocenters. The number of aldehydes is 1. The fourth-order valence-electron chi connectivity index (χ4n) is 2.78. The lowest BCUT2D eigenvalue weighted by Gasteiger charge is -2.14. The molecule has 0 aromatic carbocycles. The number of hydrogen-bond acceptors (Lipinski definition) is 5. The lowest BCUT2D eigenvalue weighted by atomic mass is 9.92. The van der Waals surface area contributed by atoms with Gasteiger partial charge in [-0.1, -0.05) is 51.9 Å². The summed E-state index contributed by atoms with van der Waals surface area (Å²) in [6.07, 6.45) is 12.1. The molecule has 150 valence electrons. The Morgan fingerprint density at radius 3 is 2.36 bits per heavy atom. The smallest absolute Gasteiger partial charge is 0.305 e. The number of esters is 1. The van der Waals surface area contributed by atoms with Gasteiger partial charge in [0.2, 0.25) is 0 Å². The Labute approximate surface area is 159 Å². The van der Waals surface area contributed by atoms with Crippen molar-refractivity contribution in [3.05, 3.63) is 0 Å². The Balaban J connectivity index is 0. The molecule has 0 spiro atoms. The van der Waals surface area contributed by atoms with E-state index < -0.39 is 0 Å². The van der Waals surface area contributed by atoms with E-state index in [1.165, 1.54) is 25.7 Å². The maximum absolute atomic E-state index is 11.6. The van der Waals surface area contributed by atoms with E-state index in [0.717, 1.165) is 32.0 Å². The standard InChI is InChI=1S/C19H37NO4.ClH/c1-2-3-4-5-8-17(11-14-21)9-6-7-10-19(23)24-16-13-18(20)12-15-22;/h14,17-18,22H,2-13,15-16,20H2,1H3;1H. The summed E-state index contributed by atoms with van der Waals surface area (Å²) >= 11 is 0.